The Bertz CT molecular complexity index is 813. The van der Waals surface area contributed by atoms with Crippen molar-refractivity contribution in [3.05, 3.63) is 47.4 Å². The normalized spacial score (nSPS) is 14.8. The van der Waals surface area contributed by atoms with Crippen molar-refractivity contribution in [3.8, 4) is 11.5 Å². The van der Waals surface area contributed by atoms with E-state index in [2.05, 4.69) is 16.3 Å². The first kappa shape index (κ1) is 22.5. The third kappa shape index (κ3) is 6.39. The van der Waals surface area contributed by atoms with Gasteiger partial charge in [-0.05, 0) is 68.2 Å². The zero-order valence-electron chi connectivity index (χ0n) is 18.4. The maximum atomic E-state index is 5.84. The highest BCUT2D eigenvalue weighted by Gasteiger charge is 2.18. The smallest absolute Gasteiger partial charge is 0.169 e. The summed E-state index contributed by atoms with van der Waals surface area (Å²) in [6.07, 6.45) is 8.48. The molecule has 1 aliphatic carbocycles. The predicted octanol–water partition coefficient (Wildman–Crippen LogP) is 5.25. The van der Waals surface area contributed by atoms with E-state index < -0.39 is 0 Å². The van der Waals surface area contributed by atoms with E-state index in [0.717, 1.165) is 41.1 Å². The third-order valence-electron chi connectivity index (χ3n) is 5.73. The molecule has 0 unspecified atom stereocenters. The van der Waals surface area contributed by atoms with Crippen molar-refractivity contribution in [2.45, 2.75) is 64.5 Å². The lowest BCUT2D eigenvalue weighted by Crippen LogP contribution is -2.45. The Labute approximate surface area is 185 Å². The van der Waals surface area contributed by atoms with Gasteiger partial charge in [-0.25, -0.2) is 0 Å². The van der Waals surface area contributed by atoms with E-state index in [1.807, 2.05) is 31.2 Å². The van der Waals surface area contributed by atoms with Crippen molar-refractivity contribution in [1.29, 1.82) is 0 Å². The number of benzene rings is 1. The van der Waals surface area contributed by atoms with Crippen LogP contribution in [0.1, 0.15) is 55.6 Å². The zero-order valence-corrected chi connectivity index (χ0v) is 19.2. The number of aryl methyl sites for hydroxylation is 1. The molecule has 0 spiro atoms. The molecular weight excluding hydrogens is 396 g/mol. The van der Waals surface area contributed by atoms with Gasteiger partial charge < -0.3 is 24.1 Å². The predicted molar refractivity (Wildman–Crippen MR) is 124 cm³/mol. The number of methoxy groups -OCH3 is 2. The van der Waals surface area contributed by atoms with Gasteiger partial charge in [0.25, 0.3) is 0 Å². The van der Waals surface area contributed by atoms with Gasteiger partial charge in [-0.3, -0.25) is 0 Å². The monoisotopic (exact) mass is 430 g/mol. The van der Waals surface area contributed by atoms with E-state index in [1.165, 1.54) is 44.1 Å². The molecule has 0 atom stereocenters. The molecule has 1 N–H and O–H groups in total. The summed E-state index contributed by atoms with van der Waals surface area (Å²) in [4.78, 5) is 2.22. The Hall–Kier alpha value is -2.21. The molecule has 0 bridgehead atoms. The number of furan rings is 1. The summed E-state index contributed by atoms with van der Waals surface area (Å²) in [5.41, 5.74) is 1.19. The topological polar surface area (TPSA) is 46.9 Å². The summed E-state index contributed by atoms with van der Waals surface area (Å²) in [5, 5.41) is 4.45. The average Bonchev–Trinajstić information content (AvgIpc) is 2.99. The molecule has 2 aromatic rings. The molecule has 6 heteroatoms. The van der Waals surface area contributed by atoms with E-state index in [0.29, 0.717) is 12.6 Å². The molecule has 1 heterocycles. The van der Waals surface area contributed by atoms with Gasteiger partial charge >= 0.3 is 0 Å². The molecule has 0 aliphatic heterocycles. The molecule has 3 rings (SSSR count). The van der Waals surface area contributed by atoms with Crippen molar-refractivity contribution < 1.29 is 13.9 Å². The summed E-state index contributed by atoms with van der Waals surface area (Å²) in [7, 11) is 3.32. The quantitative estimate of drug-likeness (QED) is 0.456. The lowest BCUT2D eigenvalue weighted by molar-refractivity contribution is 0.345. The number of hydrogen-bond donors (Lipinski definition) is 1. The van der Waals surface area contributed by atoms with Crippen LogP contribution in [0.2, 0.25) is 0 Å². The minimum atomic E-state index is 0.474. The van der Waals surface area contributed by atoms with Gasteiger partial charge in [-0.15, -0.1) is 0 Å². The largest absolute Gasteiger partial charge is 0.493 e. The fraction of sp³-hybridized carbons (Fsp3) is 0.542. The van der Waals surface area contributed by atoms with Crippen LogP contribution < -0.4 is 14.8 Å². The second kappa shape index (κ2) is 11.3. The maximum Gasteiger partial charge on any atom is 0.169 e. The van der Waals surface area contributed by atoms with Crippen molar-refractivity contribution in [2.75, 3.05) is 20.8 Å². The molecule has 0 amide bonds. The number of hydrogen-bond acceptors (Lipinski definition) is 4. The Balaban J connectivity index is 1.68. The molecule has 30 heavy (non-hydrogen) atoms. The highest BCUT2D eigenvalue weighted by Crippen LogP contribution is 2.28. The summed E-state index contributed by atoms with van der Waals surface area (Å²) >= 11 is 5.84. The number of thiocarbonyl (C=S) groups is 1. The van der Waals surface area contributed by atoms with Gasteiger partial charge in [0.2, 0.25) is 0 Å². The van der Waals surface area contributed by atoms with Gasteiger partial charge in [0.15, 0.2) is 16.6 Å². The summed E-state index contributed by atoms with van der Waals surface area (Å²) in [6.45, 7) is 3.44. The van der Waals surface area contributed by atoms with E-state index in [9.17, 15) is 0 Å². The van der Waals surface area contributed by atoms with Crippen LogP contribution in [-0.4, -0.2) is 36.8 Å². The van der Waals surface area contributed by atoms with Crippen LogP contribution in [0.25, 0.3) is 0 Å². The molecule has 164 valence electrons. The maximum absolute atomic E-state index is 5.84. The van der Waals surface area contributed by atoms with Crippen molar-refractivity contribution in [3.63, 3.8) is 0 Å². The average molecular weight is 431 g/mol. The lowest BCUT2D eigenvalue weighted by Gasteiger charge is -2.28. The van der Waals surface area contributed by atoms with Crippen LogP contribution >= 0.6 is 12.2 Å². The first-order chi connectivity index (χ1) is 14.6. The SMILES string of the molecule is COc1ccc(CCN(Cc2ccc(C)o2)C(=S)NC2CCCCCC2)cc1OC. The molecule has 1 aliphatic rings. The fourth-order valence-electron chi connectivity index (χ4n) is 4.00. The van der Waals surface area contributed by atoms with Crippen LogP contribution in [0.15, 0.2) is 34.7 Å². The number of nitrogens with one attached hydrogen (secondary N) is 1. The minimum absolute atomic E-state index is 0.474. The number of rotatable bonds is 8. The van der Waals surface area contributed by atoms with E-state index >= 15 is 0 Å². The number of nitrogens with zero attached hydrogens (tertiary/aromatic N) is 1. The second-order valence-electron chi connectivity index (χ2n) is 8.01. The third-order valence-corrected chi connectivity index (χ3v) is 6.11. The fourth-order valence-corrected chi connectivity index (χ4v) is 4.32. The van der Waals surface area contributed by atoms with Crippen LogP contribution in [-0.2, 0) is 13.0 Å². The zero-order chi connectivity index (χ0) is 21.3. The van der Waals surface area contributed by atoms with Crippen LogP contribution in [0, 0.1) is 6.92 Å². The molecule has 1 saturated carbocycles. The van der Waals surface area contributed by atoms with Crippen LogP contribution in [0.4, 0.5) is 0 Å². The Morgan fingerprint density at radius 1 is 1.07 bits per heavy atom. The van der Waals surface area contributed by atoms with Crippen molar-refractivity contribution >= 4 is 17.3 Å². The number of ether oxygens (including phenoxy) is 2. The molecule has 1 aromatic carbocycles. The van der Waals surface area contributed by atoms with Crippen LogP contribution in [0.5, 0.6) is 11.5 Å². The van der Waals surface area contributed by atoms with Crippen molar-refractivity contribution in [1.82, 2.24) is 10.2 Å². The molecule has 0 radical (unpaired) electrons. The van der Waals surface area contributed by atoms with Crippen molar-refractivity contribution in [2.24, 2.45) is 0 Å². The van der Waals surface area contributed by atoms with Gasteiger partial charge in [-0.1, -0.05) is 31.7 Å². The van der Waals surface area contributed by atoms with E-state index in [-0.39, 0.29) is 0 Å². The highest BCUT2D eigenvalue weighted by atomic mass is 32.1. The summed E-state index contributed by atoms with van der Waals surface area (Å²) in [5.74, 6) is 3.36. The molecule has 1 aromatic heterocycles. The van der Waals surface area contributed by atoms with Gasteiger partial charge in [-0.2, -0.15) is 0 Å². The molecule has 1 fully saturated rings. The van der Waals surface area contributed by atoms with E-state index in [1.54, 1.807) is 14.2 Å². The standard InChI is InChI=1S/C24H34N2O3S/c1-18-10-12-21(29-18)17-26(24(30)25-20-8-6-4-5-7-9-20)15-14-19-11-13-22(27-2)23(16-19)28-3/h10-13,16,20H,4-9,14-15,17H2,1-3H3,(H,25,30). The Morgan fingerprint density at radius 3 is 2.43 bits per heavy atom. The highest BCUT2D eigenvalue weighted by molar-refractivity contribution is 7.80. The summed E-state index contributed by atoms with van der Waals surface area (Å²) in [6, 6.07) is 10.6. The van der Waals surface area contributed by atoms with Gasteiger partial charge in [0.1, 0.15) is 11.5 Å². The lowest BCUT2D eigenvalue weighted by atomic mass is 10.1. The molecular formula is C24H34N2O3S. The first-order valence-corrected chi connectivity index (χ1v) is 11.3. The first-order valence-electron chi connectivity index (χ1n) is 10.9. The van der Waals surface area contributed by atoms with Gasteiger partial charge in [0.05, 0.1) is 20.8 Å². The second-order valence-corrected chi connectivity index (χ2v) is 8.40. The van der Waals surface area contributed by atoms with Crippen LogP contribution in [0.3, 0.4) is 0 Å². The van der Waals surface area contributed by atoms with Gasteiger partial charge in [0, 0.05) is 12.6 Å². The Morgan fingerprint density at radius 2 is 1.80 bits per heavy atom. The molecule has 0 saturated heterocycles. The molecule has 5 nitrogen and oxygen atoms in total. The minimum Gasteiger partial charge on any atom is -0.493 e. The summed E-state index contributed by atoms with van der Waals surface area (Å²) < 4.78 is 16.6. The Kier molecular flexibility index (Phi) is 8.43. The van der Waals surface area contributed by atoms with E-state index in [4.69, 9.17) is 26.1 Å².